The van der Waals surface area contributed by atoms with Gasteiger partial charge < -0.3 is 4.90 Å². The van der Waals surface area contributed by atoms with E-state index in [1.165, 1.54) is 4.90 Å². The van der Waals surface area contributed by atoms with Crippen molar-refractivity contribution in [2.75, 3.05) is 6.54 Å². The zero-order valence-corrected chi connectivity index (χ0v) is 17.0. The molecule has 1 amide bonds. The maximum atomic E-state index is 13.3. The molecule has 1 N–H and O–H groups in total. The normalized spacial score (nSPS) is 14.0. The van der Waals surface area contributed by atoms with Crippen LogP contribution in [-0.2, 0) is 19.1 Å². The van der Waals surface area contributed by atoms with Gasteiger partial charge in [0, 0.05) is 12.1 Å². The first-order valence-electron chi connectivity index (χ1n) is 8.87. The number of halogens is 5. The molecule has 0 aliphatic carbocycles. The summed E-state index contributed by atoms with van der Waals surface area (Å²) in [6, 6.07) is 4.78. The van der Waals surface area contributed by atoms with Gasteiger partial charge in [-0.05, 0) is 25.5 Å². The third kappa shape index (κ3) is 3.63. The number of amides is 1. The standard InChI is InChI=1S/C19H14Cl2F3N5O/c1-9-26-14-8-29(18(30)11-3-2-4-13(20)15(11)21)6-5-10(14)16(27-9)17-12(7-25-28-17)19(22,23)24/h2-4,7H,5-6,8H2,1H3,(H,25,28). The minimum absolute atomic E-state index is 0.114. The van der Waals surface area contributed by atoms with Crippen molar-refractivity contribution in [2.45, 2.75) is 26.1 Å². The van der Waals surface area contributed by atoms with Gasteiger partial charge in [-0.25, -0.2) is 9.97 Å². The Labute approximate surface area is 179 Å². The number of benzene rings is 1. The van der Waals surface area contributed by atoms with Gasteiger partial charge in [-0.3, -0.25) is 9.89 Å². The van der Waals surface area contributed by atoms with E-state index in [0.29, 0.717) is 17.1 Å². The summed E-state index contributed by atoms with van der Waals surface area (Å²) in [7, 11) is 0. The molecule has 3 heterocycles. The van der Waals surface area contributed by atoms with Gasteiger partial charge in [-0.15, -0.1) is 0 Å². The summed E-state index contributed by atoms with van der Waals surface area (Å²) in [5.74, 6) is -0.0370. The van der Waals surface area contributed by atoms with Gasteiger partial charge in [0.1, 0.15) is 11.4 Å². The third-order valence-electron chi connectivity index (χ3n) is 4.83. The van der Waals surface area contributed by atoms with E-state index in [1.54, 1.807) is 25.1 Å². The van der Waals surface area contributed by atoms with E-state index in [1.807, 2.05) is 0 Å². The van der Waals surface area contributed by atoms with Crippen LogP contribution in [0.4, 0.5) is 13.2 Å². The summed E-state index contributed by atoms with van der Waals surface area (Å²) >= 11 is 12.2. The van der Waals surface area contributed by atoms with E-state index in [9.17, 15) is 18.0 Å². The summed E-state index contributed by atoms with van der Waals surface area (Å²) in [5.41, 5.74) is 0.338. The molecule has 11 heteroatoms. The number of carbonyl (C=O) groups excluding carboxylic acids is 1. The number of nitrogens with zero attached hydrogens (tertiary/aromatic N) is 4. The quantitative estimate of drug-likeness (QED) is 0.607. The van der Waals surface area contributed by atoms with Crippen molar-refractivity contribution >= 4 is 29.1 Å². The van der Waals surface area contributed by atoms with Crippen LogP contribution < -0.4 is 0 Å². The van der Waals surface area contributed by atoms with Gasteiger partial charge in [0.2, 0.25) is 0 Å². The molecule has 1 aliphatic heterocycles. The number of fused-ring (bicyclic) bond motifs is 1. The first-order chi connectivity index (χ1) is 14.2. The maximum absolute atomic E-state index is 13.3. The SMILES string of the molecule is Cc1nc2c(c(-c3[nH]ncc3C(F)(F)F)n1)CCN(C(=O)c1cccc(Cl)c1Cl)C2. The van der Waals surface area contributed by atoms with Gasteiger partial charge >= 0.3 is 6.18 Å². The van der Waals surface area contributed by atoms with Crippen molar-refractivity contribution in [3.8, 4) is 11.4 Å². The number of rotatable bonds is 2. The molecule has 1 aromatic carbocycles. The molecular formula is C19H14Cl2F3N5O. The molecule has 30 heavy (non-hydrogen) atoms. The average Bonchev–Trinajstić information content (AvgIpc) is 3.18. The highest BCUT2D eigenvalue weighted by molar-refractivity contribution is 6.43. The second-order valence-corrected chi connectivity index (χ2v) is 7.56. The number of aryl methyl sites for hydroxylation is 1. The molecule has 0 saturated heterocycles. The molecule has 0 atom stereocenters. The van der Waals surface area contributed by atoms with Crippen LogP contribution in [0.2, 0.25) is 10.0 Å². The number of H-pyrrole nitrogens is 1. The Balaban J connectivity index is 1.72. The van der Waals surface area contributed by atoms with Crippen LogP contribution in [-0.4, -0.2) is 37.5 Å². The Hall–Kier alpha value is -2.65. The third-order valence-corrected chi connectivity index (χ3v) is 5.65. The fraction of sp³-hybridized carbons (Fsp3) is 0.263. The summed E-state index contributed by atoms with van der Waals surface area (Å²) < 4.78 is 40.0. The smallest absolute Gasteiger partial charge is 0.332 e. The van der Waals surface area contributed by atoms with Crippen LogP contribution in [0, 0.1) is 6.92 Å². The van der Waals surface area contributed by atoms with Gasteiger partial charge in [-0.2, -0.15) is 18.3 Å². The van der Waals surface area contributed by atoms with Crippen LogP contribution in [0.5, 0.6) is 0 Å². The van der Waals surface area contributed by atoms with Crippen molar-refractivity contribution in [2.24, 2.45) is 0 Å². The first kappa shape index (κ1) is 20.6. The molecule has 0 bridgehead atoms. The first-order valence-corrected chi connectivity index (χ1v) is 9.63. The largest absolute Gasteiger partial charge is 0.420 e. The number of hydrogen-bond acceptors (Lipinski definition) is 4. The van der Waals surface area contributed by atoms with Gasteiger partial charge in [-0.1, -0.05) is 29.3 Å². The Morgan fingerprint density at radius 1 is 1.23 bits per heavy atom. The van der Waals surface area contributed by atoms with Gasteiger partial charge in [0.05, 0.1) is 45.4 Å². The maximum Gasteiger partial charge on any atom is 0.420 e. The number of aromatic amines is 1. The molecule has 6 nitrogen and oxygen atoms in total. The molecule has 0 radical (unpaired) electrons. The second-order valence-electron chi connectivity index (χ2n) is 6.78. The predicted octanol–water partition coefficient (Wildman–Crippen LogP) is 4.70. The minimum Gasteiger partial charge on any atom is -0.332 e. The van der Waals surface area contributed by atoms with Crippen LogP contribution in [0.25, 0.3) is 11.4 Å². The van der Waals surface area contributed by atoms with E-state index < -0.39 is 11.7 Å². The molecule has 0 unspecified atom stereocenters. The van der Waals surface area contributed by atoms with Gasteiger partial charge in [0.15, 0.2) is 0 Å². The second kappa shape index (κ2) is 7.55. The van der Waals surface area contributed by atoms with E-state index in [-0.39, 0.29) is 52.4 Å². The molecule has 4 rings (SSSR count). The topological polar surface area (TPSA) is 74.8 Å². The molecule has 3 aromatic rings. The van der Waals surface area contributed by atoms with E-state index in [2.05, 4.69) is 20.2 Å². The molecule has 0 saturated carbocycles. The molecular weight excluding hydrogens is 442 g/mol. The fourth-order valence-electron chi connectivity index (χ4n) is 3.45. The summed E-state index contributed by atoms with van der Waals surface area (Å²) in [4.78, 5) is 23.1. The Kier molecular flexibility index (Phi) is 5.19. The van der Waals surface area contributed by atoms with Crippen molar-refractivity contribution < 1.29 is 18.0 Å². The highest BCUT2D eigenvalue weighted by Crippen LogP contribution is 2.37. The zero-order chi connectivity index (χ0) is 21.6. The van der Waals surface area contributed by atoms with Crippen molar-refractivity contribution in [3.05, 3.63) is 62.6 Å². The van der Waals surface area contributed by atoms with Crippen LogP contribution in [0.1, 0.15) is 33.0 Å². The summed E-state index contributed by atoms with van der Waals surface area (Å²) in [5, 5.41) is 6.37. The number of hydrogen-bond donors (Lipinski definition) is 1. The minimum atomic E-state index is -4.58. The number of alkyl halides is 3. The van der Waals surface area contributed by atoms with E-state index >= 15 is 0 Å². The van der Waals surface area contributed by atoms with Crippen LogP contribution >= 0.6 is 23.2 Å². The lowest BCUT2D eigenvalue weighted by Gasteiger charge is -2.29. The van der Waals surface area contributed by atoms with Crippen LogP contribution in [0.15, 0.2) is 24.4 Å². The Morgan fingerprint density at radius 2 is 2.00 bits per heavy atom. The predicted molar refractivity (Wildman–Crippen MR) is 104 cm³/mol. The summed E-state index contributed by atoms with van der Waals surface area (Å²) in [6.45, 7) is 1.97. The lowest BCUT2D eigenvalue weighted by Crippen LogP contribution is -2.37. The van der Waals surface area contributed by atoms with Crippen molar-refractivity contribution in [1.29, 1.82) is 0 Å². The van der Waals surface area contributed by atoms with E-state index in [0.717, 1.165) is 6.20 Å². The number of nitrogens with one attached hydrogen (secondary N) is 1. The lowest BCUT2D eigenvalue weighted by atomic mass is 9.98. The van der Waals surface area contributed by atoms with E-state index in [4.69, 9.17) is 23.2 Å². The van der Waals surface area contributed by atoms with Crippen molar-refractivity contribution in [1.82, 2.24) is 25.1 Å². The fourth-order valence-corrected chi connectivity index (χ4v) is 3.84. The number of aromatic nitrogens is 4. The highest BCUT2D eigenvalue weighted by atomic mass is 35.5. The monoisotopic (exact) mass is 455 g/mol. The molecule has 0 fully saturated rings. The van der Waals surface area contributed by atoms with Crippen LogP contribution in [0.3, 0.4) is 0 Å². The van der Waals surface area contributed by atoms with Gasteiger partial charge in [0.25, 0.3) is 5.91 Å². The summed E-state index contributed by atoms with van der Waals surface area (Å²) in [6.07, 6.45) is -3.56. The van der Waals surface area contributed by atoms with Crippen molar-refractivity contribution in [3.63, 3.8) is 0 Å². The molecule has 2 aromatic heterocycles. The zero-order valence-electron chi connectivity index (χ0n) is 15.5. The molecule has 0 spiro atoms. The molecule has 156 valence electrons. The Bertz CT molecular complexity index is 1150. The number of carbonyl (C=O) groups is 1. The Morgan fingerprint density at radius 3 is 2.73 bits per heavy atom. The molecule has 1 aliphatic rings. The lowest BCUT2D eigenvalue weighted by molar-refractivity contribution is -0.137. The highest BCUT2D eigenvalue weighted by Gasteiger charge is 2.37. The average molecular weight is 456 g/mol.